The third-order valence-corrected chi connectivity index (χ3v) is 3.75. The number of ether oxygens (including phenoxy) is 2. The summed E-state index contributed by atoms with van der Waals surface area (Å²) < 4.78 is 10.9. The molecule has 0 saturated heterocycles. The van der Waals surface area contributed by atoms with Gasteiger partial charge in [-0.3, -0.25) is 0 Å². The molecule has 1 aliphatic heterocycles. The van der Waals surface area contributed by atoms with E-state index in [1.165, 1.54) is 0 Å². The monoisotopic (exact) mass is 336 g/mol. The molecule has 1 aliphatic rings. The van der Waals surface area contributed by atoms with E-state index in [0.717, 1.165) is 11.3 Å². The summed E-state index contributed by atoms with van der Waals surface area (Å²) in [4.78, 5) is 18.5. The second-order valence-corrected chi connectivity index (χ2v) is 5.75. The Hall–Kier alpha value is -3.08. The molecule has 25 heavy (non-hydrogen) atoms. The van der Waals surface area contributed by atoms with Crippen LogP contribution < -0.4 is 9.64 Å². The van der Waals surface area contributed by atoms with Crippen LogP contribution in [-0.2, 0) is 9.53 Å². The highest BCUT2D eigenvalue weighted by Gasteiger charge is 2.26. The maximum Gasteiger partial charge on any atom is 0.363 e. The number of hydrogen-bond donors (Lipinski definition) is 0. The summed E-state index contributed by atoms with van der Waals surface area (Å²) in [6, 6.07) is 15.2. The van der Waals surface area contributed by atoms with Crippen LogP contribution in [-0.4, -0.2) is 32.6 Å². The van der Waals surface area contributed by atoms with Gasteiger partial charge in [0, 0.05) is 19.8 Å². The lowest BCUT2D eigenvalue weighted by Gasteiger charge is -2.11. The van der Waals surface area contributed by atoms with Gasteiger partial charge in [-0.2, -0.15) is 0 Å². The molecule has 3 rings (SSSR count). The van der Waals surface area contributed by atoms with Crippen LogP contribution in [0.1, 0.15) is 18.1 Å². The summed E-state index contributed by atoms with van der Waals surface area (Å²) in [6.07, 6.45) is 1.72. The number of rotatable bonds is 5. The second kappa shape index (κ2) is 7.21. The first-order valence-corrected chi connectivity index (χ1v) is 8.10. The van der Waals surface area contributed by atoms with Gasteiger partial charge in [0.25, 0.3) is 0 Å². The van der Waals surface area contributed by atoms with E-state index < -0.39 is 5.97 Å². The van der Waals surface area contributed by atoms with Crippen LogP contribution in [0.25, 0.3) is 6.08 Å². The Morgan fingerprint density at radius 2 is 1.84 bits per heavy atom. The van der Waals surface area contributed by atoms with Gasteiger partial charge < -0.3 is 14.4 Å². The van der Waals surface area contributed by atoms with Gasteiger partial charge in [-0.1, -0.05) is 24.3 Å². The standard InChI is InChI=1S/C20H20N2O3/c1-4-24-18-8-6-5-7-16(18)19-21-17(20(23)25-19)13-14-9-11-15(12-10-14)22(2)3/h5-13H,4H2,1-3H3/b17-13-. The molecule has 0 unspecified atom stereocenters. The predicted molar refractivity (Wildman–Crippen MR) is 99.0 cm³/mol. The van der Waals surface area contributed by atoms with Crippen molar-refractivity contribution in [3.63, 3.8) is 0 Å². The summed E-state index contributed by atoms with van der Waals surface area (Å²) in [6.45, 7) is 2.43. The maximum atomic E-state index is 12.2. The van der Waals surface area contributed by atoms with E-state index in [9.17, 15) is 4.79 Å². The second-order valence-electron chi connectivity index (χ2n) is 5.75. The van der Waals surface area contributed by atoms with Crippen LogP contribution in [0.3, 0.4) is 0 Å². The average Bonchev–Trinajstić information content (AvgIpc) is 2.97. The Morgan fingerprint density at radius 1 is 1.12 bits per heavy atom. The Bertz CT molecular complexity index is 836. The molecule has 5 nitrogen and oxygen atoms in total. The minimum absolute atomic E-state index is 0.269. The number of anilines is 1. The molecule has 128 valence electrons. The Balaban J connectivity index is 1.90. The number of esters is 1. The van der Waals surface area contributed by atoms with Gasteiger partial charge in [-0.15, -0.1) is 0 Å². The summed E-state index contributed by atoms with van der Waals surface area (Å²) >= 11 is 0. The van der Waals surface area contributed by atoms with Gasteiger partial charge in [0.1, 0.15) is 5.75 Å². The summed E-state index contributed by atoms with van der Waals surface area (Å²) in [5.74, 6) is 0.455. The third-order valence-electron chi connectivity index (χ3n) is 3.75. The van der Waals surface area contributed by atoms with E-state index in [1.807, 2.05) is 74.4 Å². The third kappa shape index (κ3) is 3.71. The van der Waals surface area contributed by atoms with Crippen molar-refractivity contribution in [2.45, 2.75) is 6.92 Å². The molecule has 1 heterocycles. The number of benzene rings is 2. The number of nitrogens with zero attached hydrogens (tertiary/aromatic N) is 2. The van der Waals surface area contributed by atoms with Crippen molar-refractivity contribution in [1.82, 2.24) is 0 Å². The van der Waals surface area contributed by atoms with E-state index >= 15 is 0 Å². The maximum absolute atomic E-state index is 12.2. The molecule has 0 saturated carbocycles. The minimum atomic E-state index is -0.460. The molecular weight excluding hydrogens is 316 g/mol. The fraction of sp³-hybridized carbons (Fsp3) is 0.200. The average molecular weight is 336 g/mol. The van der Waals surface area contributed by atoms with Crippen LogP contribution in [0.15, 0.2) is 59.2 Å². The van der Waals surface area contributed by atoms with E-state index in [-0.39, 0.29) is 11.6 Å². The summed E-state index contributed by atoms with van der Waals surface area (Å²) in [5.41, 5.74) is 2.93. The van der Waals surface area contributed by atoms with E-state index in [1.54, 1.807) is 6.08 Å². The van der Waals surface area contributed by atoms with Crippen molar-refractivity contribution in [1.29, 1.82) is 0 Å². The van der Waals surface area contributed by atoms with Crippen LogP contribution in [0, 0.1) is 0 Å². The van der Waals surface area contributed by atoms with Gasteiger partial charge in [0.05, 0.1) is 12.2 Å². The van der Waals surface area contributed by atoms with E-state index in [4.69, 9.17) is 9.47 Å². The van der Waals surface area contributed by atoms with Crippen molar-refractivity contribution in [2.75, 3.05) is 25.6 Å². The highest BCUT2D eigenvalue weighted by Crippen LogP contribution is 2.25. The fourth-order valence-electron chi connectivity index (χ4n) is 2.48. The quantitative estimate of drug-likeness (QED) is 0.619. The van der Waals surface area contributed by atoms with E-state index in [0.29, 0.717) is 17.9 Å². The molecule has 0 atom stereocenters. The SMILES string of the molecule is CCOc1ccccc1C1=N/C(=C\c2ccc(N(C)C)cc2)C(=O)O1. The highest BCUT2D eigenvalue weighted by molar-refractivity contribution is 6.13. The first-order chi connectivity index (χ1) is 12.1. The number of hydrogen-bond acceptors (Lipinski definition) is 5. The molecule has 0 aromatic heterocycles. The number of aliphatic imine (C=N–C) groups is 1. The molecule has 2 aromatic rings. The number of carbonyl (C=O) groups excluding carboxylic acids is 1. The van der Waals surface area contributed by atoms with Gasteiger partial charge in [0.2, 0.25) is 5.90 Å². The molecule has 0 N–H and O–H groups in total. The molecule has 5 heteroatoms. The Labute approximate surface area is 147 Å². The van der Waals surface area contributed by atoms with Crippen molar-refractivity contribution in [2.24, 2.45) is 4.99 Å². The van der Waals surface area contributed by atoms with Crippen LogP contribution in [0.2, 0.25) is 0 Å². The zero-order chi connectivity index (χ0) is 17.8. The number of carbonyl (C=O) groups is 1. The molecular formula is C20H20N2O3. The number of cyclic esters (lactones) is 1. The van der Waals surface area contributed by atoms with Crippen molar-refractivity contribution < 1.29 is 14.3 Å². The van der Waals surface area contributed by atoms with Crippen LogP contribution in [0.5, 0.6) is 5.75 Å². The molecule has 0 bridgehead atoms. The van der Waals surface area contributed by atoms with E-state index in [2.05, 4.69) is 4.99 Å². The smallest absolute Gasteiger partial charge is 0.363 e. The first kappa shape index (κ1) is 16.8. The molecule has 2 aromatic carbocycles. The van der Waals surface area contributed by atoms with Crippen molar-refractivity contribution >= 4 is 23.6 Å². The number of para-hydroxylation sites is 1. The predicted octanol–water partition coefficient (Wildman–Crippen LogP) is 3.50. The van der Waals surface area contributed by atoms with Gasteiger partial charge in [0.15, 0.2) is 5.70 Å². The largest absolute Gasteiger partial charge is 0.493 e. The minimum Gasteiger partial charge on any atom is -0.493 e. The van der Waals surface area contributed by atoms with Gasteiger partial charge >= 0.3 is 5.97 Å². The van der Waals surface area contributed by atoms with Crippen LogP contribution >= 0.6 is 0 Å². The summed E-state index contributed by atoms with van der Waals surface area (Å²) in [7, 11) is 3.96. The summed E-state index contributed by atoms with van der Waals surface area (Å²) in [5, 5.41) is 0. The Morgan fingerprint density at radius 3 is 2.52 bits per heavy atom. The van der Waals surface area contributed by atoms with Crippen molar-refractivity contribution in [3.05, 3.63) is 65.4 Å². The molecule has 0 aliphatic carbocycles. The Kier molecular flexibility index (Phi) is 4.84. The van der Waals surface area contributed by atoms with Gasteiger partial charge in [-0.05, 0) is 42.8 Å². The lowest BCUT2D eigenvalue weighted by molar-refractivity contribution is -0.129. The fourth-order valence-corrected chi connectivity index (χ4v) is 2.48. The first-order valence-electron chi connectivity index (χ1n) is 8.10. The molecule has 0 amide bonds. The zero-order valence-corrected chi connectivity index (χ0v) is 14.5. The lowest BCUT2D eigenvalue weighted by atomic mass is 10.1. The lowest BCUT2D eigenvalue weighted by Crippen LogP contribution is -2.08. The van der Waals surface area contributed by atoms with Crippen molar-refractivity contribution in [3.8, 4) is 5.75 Å². The van der Waals surface area contributed by atoms with Gasteiger partial charge in [-0.25, -0.2) is 9.79 Å². The zero-order valence-electron chi connectivity index (χ0n) is 14.5. The normalized spacial score (nSPS) is 15.1. The molecule has 0 radical (unpaired) electrons. The molecule has 0 fully saturated rings. The molecule has 0 spiro atoms. The topological polar surface area (TPSA) is 51.1 Å². The highest BCUT2D eigenvalue weighted by atomic mass is 16.6. The van der Waals surface area contributed by atoms with Crippen LogP contribution in [0.4, 0.5) is 5.69 Å².